The molecule has 0 atom stereocenters. The van der Waals surface area contributed by atoms with Gasteiger partial charge in [-0.2, -0.15) is 0 Å². The lowest BCUT2D eigenvalue weighted by Crippen LogP contribution is -2.04. The number of thioether (sulfide) groups is 1. The minimum absolute atomic E-state index is 0.673. The van der Waals surface area contributed by atoms with Gasteiger partial charge in [-0.05, 0) is 106 Å². The Morgan fingerprint density at radius 3 is 2.02 bits per heavy atom. The van der Waals surface area contributed by atoms with Gasteiger partial charge in [0, 0.05) is 48.5 Å². The van der Waals surface area contributed by atoms with Crippen LogP contribution in [0, 0.1) is 0 Å². The van der Waals surface area contributed by atoms with Crippen LogP contribution < -0.4 is 0 Å². The summed E-state index contributed by atoms with van der Waals surface area (Å²) in [5.41, 5.74) is 13.7. The van der Waals surface area contributed by atoms with Crippen LogP contribution in [0.15, 0.2) is 192 Å². The molecule has 0 unspecified atom stereocenters. The Balaban J connectivity index is 1.11. The van der Waals surface area contributed by atoms with Crippen molar-refractivity contribution < 1.29 is 0 Å². The quantitative estimate of drug-likeness (QED) is 0.179. The Hall–Kier alpha value is -7.21. The number of aromatic nitrogens is 4. The lowest BCUT2D eigenvalue weighted by molar-refractivity contribution is 1.01. The van der Waals surface area contributed by atoms with Gasteiger partial charge in [-0.1, -0.05) is 133 Å². The standard InChI is InChI=1S/C54H34N4S/c1-3-14-33(15-4-1)53-39-20-7-10-22-44(39)55-54(56-53)58-47-29-27-35(34-26-28-46-41(30-34)37-18-8-11-23-45(37)57(46)36-16-5-2-6-17-36)31-43(47)51-40-21-13-25-50-52(40)42(32-48(51)58)38-19-9-12-24-49(38)59-50/h1-11,13-23,25-32H,12,24H2. The molecular formula is C54H34N4S. The third-order valence-electron chi connectivity index (χ3n) is 12.4. The summed E-state index contributed by atoms with van der Waals surface area (Å²) in [6.07, 6.45) is 6.82. The maximum absolute atomic E-state index is 5.45. The van der Waals surface area contributed by atoms with E-state index in [2.05, 4.69) is 191 Å². The van der Waals surface area contributed by atoms with Gasteiger partial charge in [0.25, 0.3) is 0 Å². The molecule has 0 saturated carbocycles. The molecule has 5 heteroatoms. The van der Waals surface area contributed by atoms with Crippen molar-refractivity contribution in [3.63, 3.8) is 0 Å². The zero-order valence-electron chi connectivity index (χ0n) is 31.9. The molecule has 8 aromatic carbocycles. The predicted octanol–water partition coefficient (Wildman–Crippen LogP) is 14.5. The normalized spacial score (nSPS) is 13.8. The van der Waals surface area contributed by atoms with E-state index in [9.17, 15) is 0 Å². The molecule has 0 N–H and O–H groups in total. The van der Waals surface area contributed by atoms with E-state index in [1.807, 2.05) is 11.8 Å². The van der Waals surface area contributed by atoms with Crippen molar-refractivity contribution in [3.05, 3.63) is 192 Å². The average molecular weight is 771 g/mol. The molecule has 13 rings (SSSR count). The van der Waals surface area contributed by atoms with E-state index >= 15 is 0 Å². The molecule has 1 aliphatic carbocycles. The molecule has 0 amide bonds. The Bertz CT molecular complexity index is 3630. The summed E-state index contributed by atoms with van der Waals surface area (Å²) in [5, 5.41) is 8.54. The summed E-state index contributed by atoms with van der Waals surface area (Å²) in [5.74, 6) is 0.673. The second-order valence-electron chi connectivity index (χ2n) is 15.6. The number of benzene rings is 8. The molecule has 0 saturated heterocycles. The smallest absolute Gasteiger partial charge is 0.235 e. The number of allylic oxidation sites excluding steroid dienone is 4. The van der Waals surface area contributed by atoms with Gasteiger partial charge in [0.05, 0.1) is 33.3 Å². The van der Waals surface area contributed by atoms with Crippen LogP contribution in [-0.4, -0.2) is 19.1 Å². The van der Waals surface area contributed by atoms with Gasteiger partial charge in [0.1, 0.15) is 0 Å². The first-order valence-corrected chi connectivity index (χ1v) is 21.1. The summed E-state index contributed by atoms with van der Waals surface area (Å²) in [6.45, 7) is 0. The molecule has 276 valence electrons. The summed E-state index contributed by atoms with van der Waals surface area (Å²) < 4.78 is 4.70. The fourth-order valence-electron chi connectivity index (χ4n) is 9.76. The van der Waals surface area contributed by atoms with Crippen LogP contribution in [0.4, 0.5) is 0 Å². The highest BCUT2D eigenvalue weighted by Crippen LogP contribution is 2.52. The zero-order chi connectivity index (χ0) is 38.6. The van der Waals surface area contributed by atoms with Crippen LogP contribution in [0.25, 0.3) is 105 Å². The average Bonchev–Trinajstić information content (AvgIpc) is 3.81. The van der Waals surface area contributed by atoms with E-state index in [0.29, 0.717) is 5.95 Å². The fraction of sp³-hybridized carbons (Fsp3) is 0.0370. The fourth-order valence-corrected chi connectivity index (χ4v) is 11.0. The molecule has 0 radical (unpaired) electrons. The summed E-state index contributed by atoms with van der Waals surface area (Å²) in [4.78, 5) is 13.6. The van der Waals surface area contributed by atoms with Crippen molar-refractivity contribution in [2.75, 3.05) is 0 Å². The van der Waals surface area contributed by atoms with Crippen molar-refractivity contribution in [1.82, 2.24) is 19.1 Å². The van der Waals surface area contributed by atoms with E-state index in [4.69, 9.17) is 9.97 Å². The summed E-state index contributed by atoms with van der Waals surface area (Å²) in [7, 11) is 0. The number of hydrogen-bond acceptors (Lipinski definition) is 3. The largest absolute Gasteiger partial charge is 0.309 e. The molecule has 0 fully saturated rings. The van der Waals surface area contributed by atoms with E-state index in [1.165, 1.54) is 75.4 Å². The maximum Gasteiger partial charge on any atom is 0.235 e. The van der Waals surface area contributed by atoms with Crippen molar-refractivity contribution in [2.45, 2.75) is 17.7 Å². The summed E-state index contributed by atoms with van der Waals surface area (Å²) in [6, 6.07) is 61.5. The number of rotatable bonds is 4. The van der Waals surface area contributed by atoms with Crippen LogP contribution in [0.2, 0.25) is 0 Å². The molecular weight excluding hydrogens is 737 g/mol. The van der Waals surface area contributed by atoms with Gasteiger partial charge in [-0.15, -0.1) is 0 Å². The Morgan fingerprint density at radius 2 is 1.17 bits per heavy atom. The minimum atomic E-state index is 0.673. The van der Waals surface area contributed by atoms with Crippen molar-refractivity contribution in [2.24, 2.45) is 0 Å². The number of fused-ring (bicyclic) bond motifs is 9. The van der Waals surface area contributed by atoms with E-state index in [-0.39, 0.29) is 0 Å². The number of para-hydroxylation sites is 3. The van der Waals surface area contributed by atoms with Crippen LogP contribution in [0.5, 0.6) is 0 Å². The van der Waals surface area contributed by atoms with Gasteiger partial charge in [0.2, 0.25) is 5.95 Å². The van der Waals surface area contributed by atoms with Crippen molar-refractivity contribution in [3.8, 4) is 34.0 Å². The second kappa shape index (κ2) is 12.6. The van der Waals surface area contributed by atoms with Crippen LogP contribution in [-0.2, 0) is 0 Å². The summed E-state index contributed by atoms with van der Waals surface area (Å²) >= 11 is 1.95. The van der Waals surface area contributed by atoms with Gasteiger partial charge < -0.3 is 4.57 Å². The highest BCUT2D eigenvalue weighted by molar-refractivity contribution is 8.03. The monoisotopic (exact) mass is 770 g/mol. The van der Waals surface area contributed by atoms with E-state index < -0.39 is 0 Å². The van der Waals surface area contributed by atoms with Crippen molar-refractivity contribution in [1.29, 1.82) is 0 Å². The first-order valence-electron chi connectivity index (χ1n) is 20.3. The third-order valence-corrected chi connectivity index (χ3v) is 13.6. The highest BCUT2D eigenvalue weighted by atomic mass is 32.2. The van der Waals surface area contributed by atoms with Crippen LogP contribution >= 0.6 is 11.8 Å². The molecule has 4 nitrogen and oxygen atoms in total. The van der Waals surface area contributed by atoms with Gasteiger partial charge in [-0.25, -0.2) is 9.97 Å². The Kier molecular flexibility index (Phi) is 7.04. The molecule has 1 aliphatic heterocycles. The van der Waals surface area contributed by atoms with Gasteiger partial charge in [-0.3, -0.25) is 4.57 Å². The molecule has 0 bridgehead atoms. The first-order chi connectivity index (χ1) is 29.3. The van der Waals surface area contributed by atoms with Crippen LogP contribution in [0.3, 0.4) is 0 Å². The first kappa shape index (κ1) is 32.8. The molecule has 3 aromatic heterocycles. The minimum Gasteiger partial charge on any atom is -0.309 e. The van der Waals surface area contributed by atoms with Gasteiger partial charge >= 0.3 is 0 Å². The predicted molar refractivity (Wildman–Crippen MR) is 248 cm³/mol. The number of nitrogens with zero attached hydrogens (tertiary/aromatic N) is 4. The molecule has 2 aliphatic rings. The second-order valence-corrected chi connectivity index (χ2v) is 16.8. The van der Waals surface area contributed by atoms with E-state index in [1.54, 1.807) is 0 Å². The van der Waals surface area contributed by atoms with E-state index in [0.717, 1.165) is 51.7 Å². The maximum atomic E-state index is 5.45. The molecule has 0 spiro atoms. The molecule has 4 heterocycles. The lowest BCUT2D eigenvalue weighted by Gasteiger charge is -2.24. The Morgan fingerprint density at radius 1 is 0.475 bits per heavy atom. The number of hydrogen-bond donors (Lipinski definition) is 0. The molecule has 59 heavy (non-hydrogen) atoms. The lowest BCUT2D eigenvalue weighted by atomic mass is 9.91. The SMILES string of the molecule is C1=CC2=C(CC1)Sc1cccc3c1c2cc1c3c2cc(-c3ccc4c(c3)c3ccccc3n4-c3ccccc3)ccc2n1-c1nc(-c2ccccc2)c2ccccc2n1. The highest BCUT2D eigenvalue weighted by Gasteiger charge is 2.27. The zero-order valence-corrected chi connectivity index (χ0v) is 32.7. The van der Waals surface area contributed by atoms with Crippen molar-refractivity contribution >= 4 is 82.6 Å². The Labute approximate surface area is 344 Å². The van der Waals surface area contributed by atoms with Crippen LogP contribution in [0.1, 0.15) is 18.4 Å². The molecule has 11 aromatic rings. The van der Waals surface area contributed by atoms with Gasteiger partial charge in [0.15, 0.2) is 0 Å². The topological polar surface area (TPSA) is 35.6 Å². The third kappa shape index (κ3) is 4.86.